The van der Waals surface area contributed by atoms with E-state index in [-0.39, 0.29) is 34.8 Å². The van der Waals surface area contributed by atoms with E-state index in [0.29, 0.717) is 19.8 Å². The van der Waals surface area contributed by atoms with Gasteiger partial charge < -0.3 is 10.1 Å². The number of aromatic nitrogens is 2. The topological polar surface area (TPSA) is 93.5 Å². The highest BCUT2D eigenvalue weighted by Gasteiger charge is 2.51. The Balaban J connectivity index is 1.45. The summed E-state index contributed by atoms with van der Waals surface area (Å²) in [5.74, 6) is 0.0256. The molecule has 8 nitrogen and oxygen atoms in total. The third-order valence-electron chi connectivity index (χ3n) is 6.20. The van der Waals surface area contributed by atoms with Gasteiger partial charge in [0.2, 0.25) is 5.91 Å². The predicted octanol–water partition coefficient (Wildman–Crippen LogP) is 0.0448. The molecule has 9 heteroatoms. The van der Waals surface area contributed by atoms with Crippen LogP contribution in [0.25, 0.3) is 0 Å². The van der Waals surface area contributed by atoms with Crippen LogP contribution in [0.3, 0.4) is 0 Å². The van der Waals surface area contributed by atoms with Gasteiger partial charge in [0.05, 0.1) is 29.7 Å². The van der Waals surface area contributed by atoms with Crippen LogP contribution in [-0.2, 0) is 32.5 Å². The highest BCUT2D eigenvalue weighted by Crippen LogP contribution is 2.45. The third-order valence-corrected chi connectivity index (χ3v) is 8.02. The van der Waals surface area contributed by atoms with Crippen LogP contribution in [0.5, 0.6) is 0 Å². The van der Waals surface area contributed by atoms with Crippen molar-refractivity contribution in [3.8, 4) is 0 Å². The van der Waals surface area contributed by atoms with Crippen molar-refractivity contribution in [1.82, 2.24) is 20.0 Å². The van der Waals surface area contributed by atoms with E-state index in [1.54, 1.807) is 0 Å². The molecular weight excluding hydrogens is 368 g/mol. The first-order valence-electron chi connectivity index (χ1n) is 9.71. The fraction of sp³-hybridized carbons (Fsp3) is 0.778. The fourth-order valence-corrected chi connectivity index (χ4v) is 6.00. The Kier molecular flexibility index (Phi) is 5.02. The molecule has 0 unspecified atom stereocenters. The number of carbonyl (C=O) groups excluding carboxylic acids is 1. The molecule has 0 aliphatic carbocycles. The first-order chi connectivity index (χ1) is 12.9. The lowest BCUT2D eigenvalue weighted by Gasteiger charge is -2.38. The lowest BCUT2D eigenvalue weighted by Crippen LogP contribution is -2.56. The van der Waals surface area contributed by atoms with Crippen LogP contribution < -0.4 is 5.32 Å². The van der Waals surface area contributed by atoms with Crippen molar-refractivity contribution in [2.45, 2.75) is 38.9 Å². The van der Waals surface area contributed by atoms with Gasteiger partial charge >= 0.3 is 0 Å². The van der Waals surface area contributed by atoms with Crippen molar-refractivity contribution in [2.24, 2.45) is 11.3 Å². The van der Waals surface area contributed by atoms with Crippen molar-refractivity contribution in [3.05, 3.63) is 18.0 Å². The molecule has 1 spiro atoms. The van der Waals surface area contributed by atoms with Crippen LogP contribution in [0.2, 0.25) is 0 Å². The first-order valence-corrected chi connectivity index (χ1v) is 11.5. The zero-order chi connectivity index (χ0) is 19.1. The molecule has 150 valence electrons. The Morgan fingerprint density at radius 2 is 2.11 bits per heavy atom. The molecule has 27 heavy (non-hydrogen) atoms. The fourth-order valence-electron chi connectivity index (χ4n) is 4.71. The Morgan fingerprint density at radius 3 is 2.74 bits per heavy atom. The van der Waals surface area contributed by atoms with Crippen LogP contribution in [0.15, 0.2) is 12.4 Å². The van der Waals surface area contributed by atoms with E-state index in [9.17, 15) is 13.2 Å². The predicted molar refractivity (Wildman–Crippen MR) is 99.7 cm³/mol. The smallest absolute Gasteiger partial charge is 0.225 e. The number of nitrogens with zero attached hydrogens (tertiary/aromatic N) is 3. The number of likely N-dealkylation sites (tertiary alicyclic amines) is 1. The average molecular weight is 397 g/mol. The molecule has 0 saturated carbocycles. The lowest BCUT2D eigenvalue weighted by atomic mass is 9.71. The summed E-state index contributed by atoms with van der Waals surface area (Å²) in [6, 6.07) is -0.226. The highest BCUT2D eigenvalue weighted by molar-refractivity contribution is 7.92. The Hall–Kier alpha value is -1.45. The van der Waals surface area contributed by atoms with Crippen molar-refractivity contribution >= 4 is 15.7 Å². The molecule has 4 rings (SSSR count). The zero-order valence-corrected chi connectivity index (χ0v) is 16.6. The minimum atomic E-state index is -2.94. The highest BCUT2D eigenvalue weighted by atomic mass is 32.2. The zero-order valence-electron chi connectivity index (χ0n) is 15.8. The van der Waals surface area contributed by atoms with Crippen molar-refractivity contribution < 1.29 is 17.9 Å². The minimum absolute atomic E-state index is 0.00329. The molecule has 1 amide bonds. The van der Waals surface area contributed by atoms with E-state index >= 15 is 0 Å². The SMILES string of the molecule is CCn1cc(CN2C[C@H](C(=O)NC3CS(=O)(=O)C3)C3(CCOCC3)C2)cn1. The molecule has 0 aromatic carbocycles. The second kappa shape index (κ2) is 7.18. The molecule has 0 radical (unpaired) electrons. The van der Waals surface area contributed by atoms with Gasteiger partial charge in [-0.15, -0.1) is 0 Å². The number of sulfone groups is 1. The number of hydrogen-bond acceptors (Lipinski definition) is 6. The molecule has 3 aliphatic heterocycles. The Bertz CT molecular complexity index is 788. The van der Waals surface area contributed by atoms with E-state index in [1.807, 2.05) is 10.9 Å². The maximum Gasteiger partial charge on any atom is 0.225 e. The number of aryl methyl sites for hydroxylation is 1. The monoisotopic (exact) mass is 396 g/mol. The van der Waals surface area contributed by atoms with Crippen LogP contribution >= 0.6 is 0 Å². The second-order valence-corrected chi connectivity index (χ2v) is 10.3. The number of ether oxygens (including phenoxy) is 1. The van der Waals surface area contributed by atoms with Gasteiger partial charge in [0.15, 0.2) is 9.84 Å². The van der Waals surface area contributed by atoms with E-state index in [0.717, 1.165) is 38.0 Å². The summed E-state index contributed by atoms with van der Waals surface area (Å²) in [5.41, 5.74) is 1.08. The molecule has 0 bridgehead atoms. The van der Waals surface area contributed by atoms with Gasteiger partial charge in [0, 0.05) is 56.6 Å². The maximum atomic E-state index is 13.0. The van der Waals surface area contributed by atoms with Gasteiger partial charge in [-0.05, 0) is 19.8 Å². The van der Waals surface area contributed by atoms with Crippen LogP contribution in [0, 0.1) is 11.3 Å². The molecule has 1 atom stereocenters. The molecule has 1 aromatic rings. The van der Waals surface area contributed by atoms with Gasteiger partial charge in [-0.2, -0.15) is 5.10 Å². The van der Waals surface area contributed by atoms with Gasteiger partial charge in [0.25, 0.3) is 0 Å². The third kappa shape index (κ3) is 3.90. The van der Waals surface area contributed by atoms with Gasteiger partial charge in [-0.3, -0.25) is 14.4 Å². The minimum Gasteiger partial charge on any atom is -0.381 e. The Morgan fingerprint density at radius 1 is 1.37 bits per heavy atom. The summed E-state index contributed by atoms with van der Waals surface area (Å²) in [6.45, 7) is 6.62. The van der Waals surface area contributed by atoms with Crippen LogP contribution in [0.1, 0.15) is 25.3 Å². The molecular formula is C18H28N4O4S. The molecule has 1 N–H and O–H groups in total. The van der Waals surface area contributed by atoms with E-state index in [4.69, 9.17) is 4.74 Å². The van der Waals surface area contributed by atoms with Crippen molar-refractivity contribution in [2.75, 3.05) is 37.8 Å². The second-order valence-electron chi connectivity index (χ2n) is 8.18. The molecule has 1 aromatic heterocycles. The van der Waals surface area contributed by atoms with Gasteiger partial charge in [-0.25, -0.2) is 8.42 Å². The largest absolute Gasteiger partial charge is 0.381 e. The van der Waals surface area contributed by atoms with Gasteiger partial charge in [-0.1, -0.05) is 0 Å². The quantitative estimate of drug-likeness (QED) is 0.756. The number of nitrogens with one attached hydrogen (secondary N) is 1. The number of amides is 1. The maximum absolute atomic E-state index is 13.0. The Labute approximate surface area is 160 Å². The number of hydrogen-bond donors (Lipinski definition) is 1. The molecule has 3 saturated heterocycles. The molecule has 3 fully saturated rings. The summed E-state index contributed by atoms with van der Waals surface area (Å²) in [4.78, 5) is 15.3. The average Bonchev–Trinajstić information content (AvgIpc) is 3.19. The summed E-state index contributed by atoms with van der Waals surface area (Å²) >= 11 is 0. The normalized spacial score (nSPS) is 27.5. The summed E-state index contributed by atoms with van der Waals surface area (Å²) in [7, 11) is -2.94. The first kappa shape index (κ1) is 18.9. The van der Waals surface area contributed by atoms with Crippen LogP contribution in [0.4, 0.5) is 0 Å². The summed E-state index contributed by atoms with van der Waals surface area (Å²) in [6.07, 6.45) is 5.70. The lowest BCUT2D eigenvalue weighted by molar-refractivity contribution is -0.130. The van der Waals surface area contributed by atoms with Gasteiger partial charge in [0.1, 0.15) is 0 Å². The number of carbonyl (C=O) groups is 1. The molecule has 4 heterocycles. The standard InChI is InChI=1S/C18H28N4O4S/c1-2-22-9-14(7-19-22)8-21-10-16(18(13-21)3-5-26-6-4-18)17(23)20-15-11-27(24,25)12-15/h7,9,15-16H,2-6,8,10-13H2,1H3,(H,20,23)/t16-/m1/s1. The van der Waals surface area contributed by atoms with E-state index < -0.39 is 9.84 Å². The van der Waals surface area contributed by atoms with Crippen molar-refractivity contribution in [3.63, 3.8) is 0 Å². The summed E-state index contributed by atoms with van der Waals surface area (Å²) < 4.78 is 30.3. The summed E-state index contributed by atoms with van der Waals surface area (Å²) in [5, 5.41) is 7.32. The molecule has 3 aliphatic rings. The van der Waals surface area contributed by atoms with E-state index in [1.165, 1.54) is 0 Å². The van der Waals surface area contributed by atoms with Crippen LogP contribution in [-0.4, -0.2) is 72.9 Å². The number of rotatable bonds is 5. The van der Waals surface area contributed by atoms with E-state index in [2.05, 4.69) is 28.4 Å². The van der Waals surface area contributed by atoms with Crippen molar-refractivity contribution in [1.29, 1.82) is 0 Å².